The van der Waals surface area contributed by atoms with Crippen LogP contribution in [0.3, 0.4) is 0 Å². The number of nitrogens with one attached hydrogen (secondary N) is 1. The average molecular weight is 193 g/mol. The monoisotopic (exact) mass is 193 g/mol. The molecule has 0 saturated carbocycles. The molecule has 1 aromatic heterocycles. The number of hydrogen-bond donors (Lipinski definition) is 2. The number of amides is 2. The van der Waals surface area contributed by atoms with Gasteiger partial charge in [0.15, 0.2) is 0 Å². The minimum absolute atomic E-state index is 0.138. The van der Waals surface area contributed by atoms with Gasteiger partial charge in [0.25, 0.3) is 5.91 Å². The molecule has 0 spiro atoms. The van der Waals surface area contributed by atoms with Crippen LogP contribution in [0.1, 0.15) is 23.8 Å². The molecule has 0 bridgehead atoms. The molecule has 2 amide bonds. The molecule has 0 aliphatic carbocycles. The highest BCUT2D eigenvalue weighted by Crippen LogP contribution is 2.04. The number of rotatable bonds is 3. The largest absolute Gasteiger partial charge is 0.364 e. The normalized spacial score (nSPS) is 9.50. The molecule has 0 saturated heterocycles. The van der Waals surface area contributed by atoms with Gasteiger partial charge in [-0.15, -0.1) is 0 Å². The summed E-state index contributed by atoms with van der Waals surface area (Å²) in [6.45, 7) is 1.73. The summed E-state index contributed by atoms with van der Waals surface area (Å²) >= 11 is 0. The zero-order valence-electron chi connectivity index (χ0n) is 7.78. The van der Waals surface area contributed by atoms with Crippen LogP contribution >= 0.6 is 0 Å². The van der Waals surface area contributed by atoms with Gasteiger partial charge in [-0.2, -0.15) is 0 Å². The van der Waals surface area contributed by atoms with Gasteiger partial charge in [0.05, 0.1) is 0 Å². The Morgan fingerprint density at radius 1 is 1.50 bits per heavy atom. The predicted molar refractivity (Wildman–Crippen MR) is 51.7 cm³/mol. The molecule has 14 heavy (non-hydrogen) atoms. The minimum atomic E-state index is -0.613. The van der Waals surface area contributed by atoms with Crippen molar-refractivity contribution in [3.05, 3.63) is 23.9 Å². The molecule has 0 atom stereocenters. The van der Waals surface area contributed by atoms with Crippen LogP contribution in [0.2, 0.25) is 0 Å². The van der Waals surface area contributed by atoms with E-state index in [2.05, 4.69) is 10.3 Å². The van der Waals surface area contributed by atoms with Crippen molar-refractivity contribution in [2.45, 2.75) is 13.3 Å². The van der Waals surface area contributed by atoms with E-state index >= 15 is 0 Å². The molecule has 0 aliphatic heterocycles. The summed E-state index contributed by atoms with van der Waals surface area (Å²) in [5.74, 6) is -0.426. The molecule has 3 N–H and O–H groups in total. The van der Waals surface area contributed by atoms with Crippen LogP contribution in [-0.2, 0) is 4.79 Å². The van der Waals surface area contributed by atoms with Crippen LogP contribution in [-0.4, -0.2) is 16.8 Å². The number of anilines is 1. The second-order valence-corrected chi connectivity index (χ2v) is 2.67. The SMILES string of the molecule is CCC(=O)Nc1cccc(C(N)=O)n1. The average Bonchev–Trinajstić information content (AvgIpc) is 2.18. The quantitative estimate of drug-likeness (QED) is 0.734. The molecule has 0 aliphatic rings. The Morgan fingerprint density at radius 3 is 2.79 bits per heavy atom. The minimum Gasteiger partial charge on any atom is -0.364 e. The van der Waals surface area contributed by atoms with Crippen molar-refractivity contribution in [3.63, 3.8) is 0 Å². The lowest BCUT2D eigenvalue weighted by atomic mass is 10.3. The maximum absolute atomic E-state index is 11.0. The van der Waals surface area contributed by atoms with E-state index in [0.717, 1.165) is 0 Å². The molecule has 0 unspecified atom stereocenters. The summed E-state index contributed by atoms with van der Waals surface area (Å²) < 4.78 is 0. The molecule has 1 rings (SSSR count). The predicted octanol–water partition coefficient (Wildman–Crippen LogP) is 0.529. The number of aromatic nitrogens is 1. The number of nitrogens with zero attached hydrogens (tertiary/aromatic N) is 1. The van der Waals surface area contributed by atoms with E-state index < -0.39 is 5.91 Å². The van der Waals surface area contributed by atoms with Crippen molar-refractivity contribution in [2.75, 3.05) is 5.32 Å². The topological polar surface area (TPSA) is 85.1 Å². The van der Waals surface area contributed by atoms with Crippen LogP contribution in [0.15, 0.2) is 18.2 Å². The lowest BCUT2D eigenvalue weighted by Gasteiger charge is -2.02. The van der Waals surface area contributed by atoms with Gasteiger partial charge in [0.2, 0.25) is 5.91 Å². The molecule has 1 heterocycles. The van der Waals surface area contributed by atoms with Crippen LogP contribution in [0.4, 0.5) is 5.82 Å². The Morgan fingerprint density at radius 2 is 2.21 bits per heavy atom. The van der Waals surface area contributed by atoms with Gasteiger partial charge >= 0.3 is 0 Å². The number of hydrogen-bond acceptors (Lipinski definition) is 3. The number of carbonyl (C=O) groups excluding carboxylic acids is 2. The molecule has 0 aromatic carbocycles. The van der Waals surface area contributed by atoms with Gasteiger partial charge < -0.3 is 11.1 Å². The first-order valence-corrected chi connectivity index (χ1v) is 4.20. The molecule has 1 aromatic rings. The number of primary amides is 1. The Bertz CT molecular complexity index is 363. The van der Waals surface area contributed by atoms with E-state index in [1.54, 1.807) is 19.1 Å². The van der Waals surface area contributed by atoms with E-state index in [-0.39, 0.29) is 11.6 Å². The summed E-state index contributed by atoms with van der Waals surface area (Å²) in [7, 11) is 0. The van der Waals surface area contributed by atoms with Gasteiger partial charge in [0.1, 0.15) is 11.5 Å². The van der Waals surface area contributed by atoms with Gasteiger partial charge in [0, 0.05) is 6.42 Å². The first-order chi connectivity index (χ1) is 6.63. The summed E-state index contributed by atoms with van der Waals surface area (Å²) in [5, 5.41) is 2.53. The van der Waals surface area contributed by atoms with E-state index in [9.17, 15) is 9.59 Å². The highest BCUT2D eigenvalue weighted by atomic mass is 16.2. The van der Waals surface area contributed by atoms with Gasteiger partial charge in [-0.25, -0.2) is 4.98 Å². The van der Waals surface area contributed by atoms with Gasteiger partial charge in [-0.1, -0.05) is 13.0 Å². The molecule has 5 heteroatoms. The molecule has 0 fully saturated rings. The van der Waals surface area contributed by atoms with Crippen molar-refractivity contribution in [3.8, 4) is 0 Å². The number of pyridine rings is 1. The molecular weight excluding hydrogens is 182 g/mol. The second-order valence-electron chi connectivity index (χ2n) is 2.67. The lowest BCUT2D eigenvalue weighted by molar-refractivity contribution is -0.115. The van der Waals surface area contributed by atoms with E-state index in [1.807, 2.05) is 0 Å². The standard InChI is InChI=1S/C9H11N3O2/c1-2-8(13)12-7-5-3-4-6(11-7)9(10)14/h3-5H,2H2,1H3,(H2,10,14)(H,11,12,13). The lowest BCUT2D eigenvalue weighted by Crippen LogP contribution is -2.16. The molecule has 5 nitrogen and oxygen atoms in total. The van der Waals surface area contributed by atoms with Crippen molar-refractivity contribution >= 4 is 17.6 Å². The fourth-order valence-corrected chi connectivity index (χ4v) is 0.873. The fraction of sp³-hybridized carbons (Fsp3) is 0.222. The summed E-state index contributed by atoms with van der Waals surface area (Å²) in [4.78, 5) is 25.6. The second kappa shape index (κ2) is 4.36. The smallest absolute Gasteiger partial charge is 0.267 e. The van der Waals surface area contributed by atoms with Crippen LogP contribution < -0.4 is 11.1 Å². The third-order valence-electron chi connectivity index (χ3n) is 1.59. The van der Waals surface area contributed by atoms with Crippen LogP contribution in [0, 0.1) is 0 Å². The zero-order chi connectivity index (χ0) is 10.6. The zero-order valence-corrected chi connectivity index (χ0v) is 7.78. The summed E-state index contributed by atoms with van der Waals surface area (Å²) in [5.41, 5.74) is 5.17. The van der Waals surface area contributed by atoms with Crippen molar-refractivity contribution in [1.82, 2.24) is 4.98 Å². The number of nitrogens with two attached hydrogens (primary N) is 1. The third kappa shape index (κ3) is 2.55. The fourth-order valence-electron chi connectivity index (χ4n) is 0.873. The van der Waals surface area contributed by atoms with Crippen LogP contribution in [0.5, 0.6) is 0 Å². The Balaban J connectivity index is 2.83. The van der Waals surface area contributed by atoms with E-state index in [1.165, 1.54) is 6.07 Å². The Labute approximate surface area is 81.3 Å². The van der Waals surface area contributed by atoms with Crippen LogP contribution in [0.25, 0.3) is 0 Å². The van der Waals surface area contributed by atoms with E-state index in [4.69, 9.17) is 5.73 Å². The first-order valence-electron chi connectivity index (χ1n) is 4.20. The van der Waals surface area contributed by atoms with Crippen molar-refractivity contribution in [1.29, 1.82) is 0 Å². The van der Waals surface area contributed by atoms with Crippen molar-refractivity contribution < 1.29 is 9.59 Å². The van der Waals surface area contributed by atoms with Crippen molar-refractivity contribution in [2.24, 2.45) is 5.73 Å². The first kappa shape index (κ1) is 10.2. The van der Waals surface area contributed by atoms with Gasteiger partial charge in [-0.3, -0.25) is 9.59 Å². The molecule has 0 radical (unpaired) electrons. The Kier molecular flexibility index (Phi) is 3.17. The highest BCUT2D eigenvalue weighted by Gasteiger charge is 2.04. The third-order valence-corrected chi connectivity index (χ3v) is 1.59. The van der Waals surface area contributed by atoms with E-state index in [0.29, 0.717) is 12.2 Å². The summed E-state index contributed by atoms with van der Waals surface area (Å²) in [6, 6.07) is 4.70. The highest BCUT2D eigenvalue weighted by molar-refractivity contribution is 5.93. The molecule has 74 valence electrons. The maximum atomic E-state index is 11.0. The Hall–Kier alpha value is -1.91. The maximum Gasteiger partial charge on any atom is 0.267 e. The van der Waals surface area contributed by atoms with Gasteiger partial charge in [-0.05, 0) is 12.1 Å². The summed E-state index contributed by atoms with van der Waals surface area (Å²) in [6.07, 6.45) is 0.364. The molecular formula is C9H11N3O2. The number of carbonyl (C=O) groups is 2.